The van der Waals surface area contributed by atoms with E-state index in [1.165, 1.54) is 11.8 Å². The molecule has 0 radical (unpaired) electrons. The van der Waals surface area contributed by atoms with Gasteiger partial charge in [0.15, 0.2) is 0 Å². The van der Waals surface area contributed by atoms with E-state index in [0.29, 0.717) is 13.0 Å². The summed E-state index contributed by atoms with van der Waals surface area (Å²) in [6, 6.07) is 4.52. The number of esters is 1. The molecule has 4 aliphatic heterocycles. The summed E-state index contributed by atoms with van der Waals surface area (Å²) in [7, 11) is 0. The summed E-state index contributed by atoms with van der Waals surface area (Å²) in [5.41, 5.74) is 2.80. The van der Waals surface area contributed by atoms with E-state index in [9.17, 15) is 19.5 Å². The van der Waals surface area contributed by atoms with Crippen molar-refractivity contribution in [3.05, 3.63) is 53.6 Å². The van der Waals surface area contributed by atoms with Gasteiger partial charge in [-0.3, -0.25) is 14.4 Å². The van der Waals surface area contributed by atoms with Crippen molar-refractivity contribution in [3.8, 4) is 0 Å². The van der Waals surface area contributed by atoms with Crippen LogP contribution in [0.3, 0.4) is 0 Å². The summed E-state index contributed by atoms with van der Waals surface area (Å²) in [6.07, 6.45) is 8.63. The average Bonchev–Trinajstić information content (AvgIpc) is 3.15. The number of hydrogen-bond donors (Lipinski definition) is 1. The molecule has 4 heterocycles. The summed E-state index contributed by atoms with van der Waals surface area (Å²) in [5.74, 6) is -2.42. The fourth-order valence-electron chi connectivity index (χ4n) is 6.84. The standard InChI is InChI=1S/C29H36N2O5S/c1-17(2)20(16-32)31-24-26(34)30(23-18(3)10-8-11-19(23)4)14-9-13-29(24)21(25(31)33)22-27(35)36-15-7-6-12-28(22,5)37-29/h6,8-13,17,20-22,24,32H,7,14-16H2,1-5H3/t20-,21-,22-,24?,28+,29-/m0/s1. The van der Waals surface area contributed by atoms with Gasteiger partial charge in [0.2, 0.25) is 5.91 Å². The number of aryl methyl sites for hydroxylation is 2. The number of para-hydroxylation sites is 1. The maximum absolute atomic E-state index is 14.7. The molecule has 1 aromatic rings. The predicted octanol–water partition coefficient (Wildman–Crippen LogP) is 3.41. The van der Waals surface area contributed by atoms with Crippen LogP contribution in [-0.2, 0) is 19.1 Å². The highest BCUT2D eigenvalue weighted by Crippen LogP contribution is 2.65. The molecule has 6 atom stereocenters. The van der Waals surface area contributed by atoms with Crippen LogP contribution in [0.15, 0.2) is 42.5 Å². The first kappa shape index (κ1) is 26.0. The van der Waals surface area contributed by atoms with Crippen LogP contribution in [0.4, 0.5) is 5.69 Å². The minimum atomic E-state index is -0.963. The van der Waals surface area contributed by atoms with E-state index < -0.39 is 39.4 Å². The van der Waals surface area contributed by atoms with Gasteiger partial charge in [0, 0.05) is 17.0 Å². The van der Waals surface area contributed by atoms with Crippen LogP contribution in [0, 0.1) is 31.6 Å². The van der Waals surface area contributed by atoms with Gasteiger partial charge >= 0.3 is 5.97 Å². The molecule has 1 spiro atoms. The third-order valence-corrected chi connectivity index (χ3v) is 10.3. The van der Waals surface area contributed by atoms with E-state index in [1.807, 2.05) is 77.1 Å². The maximum Gasteiger partial charge on any atom is 0.311 e. The number of amides is 2. The molecular weight excluding hydrogens is 488 g/mol. The number of ether oxygens (including phenoxy) is 1. The Bertz CT molecular complexity index is 1170. The van der Waals surface area contributed by atoms with Crippen LogP contribution in [0.1, 0.15) is 38.3 Å². The number of aliphatic hydroxyl groups is 1. The summed E-state index contributed by atoms with van der Waals surface area (Å²) < 4.78 is 3.94. The normalized spacial score (nSPS) is 34.0. The highest BCUT2D eigenvalue weighted by Gasteiger charge is 2.74. The largest absolute Gasteiger partial charge is 0.465 e. The van der Waals surface area contributed by atoms with Crippen molar-refractivity contribution < 1.29 is 24.2 Å². The zero-order valence-electron chi connectivity index (χ0n) is 22.1. The summed E-state index contributed by atoms with van der Waals surface area (Å²) >= 11 is 1.53. The summed E-state index contributed by atoms with van der Waals surface area (Å²) in [6.45, 7) is 10.2. The number of nitrogens with zero attached hydrogens (tertiary/aromatic N) is 2. The number of aliphatic hydroxyl groups excluding tert-OH is 1. The van der Waals surface area contributed by atoms with Gasteiger partial charge in [0.05, 0.1) is 35.8 Å². The van der Waals surface area contributed by atoms with Gasteiger partial charge in [-0.15, -0.1) is 11.8 Å². The highest BCUT2D eigenvalue weighted by atomic mass is 32.2. The lowest BCUT2D eigenvalue weighted by molar-refractivity contribution is -0.154. The number of anilines is 1. The predicted molar refractivity (Wildman–Crippen MR) is 144 cm³/mol. The number of likely N-dealkylation sites (tertiary alicyclic amines) is 1. The van der Waals surface area contributed by atoms with E-state index in [2.05, 4.69) is 0 Å². The van der Waals surface area contributed by atoms with Crippen LogP contribution in [0.2, 0.25) is 0 Å². The molecular formula is C29H36N2O5S. The molecule has 5 rings (SSSR count). The number of benzene rings is 1. The lowest BCUT2D eigenvalue weighted by Gasteiger charge is -2.41. The first-order valence-electron chi connectivity index (χ1n) is 13.1. The van der Waals surface area contributed by atoms with Crippen LogP contribution < -0.4 is 4.90 Å². The van der Waals surface area contributed by atoms with Gasteiger partial charge < -0.3 is 19.6 Å². The molecule has 8 heteroatoms. The minimum Gasteiger partial charge on any atom is -0.465 e. The fourth-order valence-corrected chi connectivity index (χ4v) is 8.98. The lowest BCUT2D eigenvalue weighted by Crippen LogP contribution is -2.58. The van der Waals surface area contributed by atoms with E-state index in [4.69, 9.17) is 4.74 Å². The first-order chi connectivity index (χ1) is 17.6. The quantitative estimate of drug-likeness (QED) is 0.480. The van der Waals surface area contributed by atoms with Crippen LogP contribution in [0.25, 0.3) is 0 Å². The van der Waals surface area contributed by atoms with Gasteiger partial charge in [0.25, 0.3) is 5.91 Å². The van der Waals surface area contributed by atoms with Crippen molar-refractivity contribution >= 4 is 35.2 Å². The number of carbonyl (C=O) groups is 3. The molecule has 7 nitrogen and oxygen atoms in total. The molecule has 1 aromatic carbocycles. The van der Waals surface area contributed by atoms with Gasteiger partial charge in [0.1, 0.15) is 6.04 Å². The van der Waals surface area contributed by atoms with Gasteiger partial charge in [-0.05, 0) is 44.2 Å². The molecule has 0 bridgehead atoms. The third-order valence-electron chi connectivity index (χ3n) is 8.48. The number of cyclic esters (lactones) is 1. The van der Waals surface area contributed by atoms with Crippen molar-refractivity contribution in [2.75, 3.05) is 24.7 Å². The summed E-state index contributed by atoms with van der Waals surface area (Å²) in [4.78, 5) is 45.9. The lowest BCUT2D eigenvalue weighted by atomic mass is 9.74. The van der Waals surface area contributed by atoms with E-state index >= 15 is 0 Å². The second-order valence-electron chi connectivity index (χ2n) is 11.2. The Balaban J connectivity index is 1.72. The molecule has 1 unspecified atom stereocenters. The van der Waals surface area contributed by atoms with Gasteiger partial charge in [-0.25, -0.2) is 0 Å². The third kappa shape index (κ3) is 3.78. The van der Waals surface area contributed by atoms with E-state index in [1.54, 1.807) is 9.80 Å². The van der Waals surface area contributed by atoms with Gasteiger partial charge in [-0.2, -0.15) is 0 Å². The zero-order chi connectivity index (χ0) is 26.7. The molecule has 37 heavy (non-hydrogen) atoms. The van der Waals surface area contributed by atoms with Crippen LogP contribution in [0.5, 0.6) is 0 Å². The molecule has 2 fully saturated rings. The Kier molecular flexibility index (Phi) is 6.55. The second-order valence-corrected chi connectivity index (χ2v) is 13.0. The van der Waals surface area contributed by atoms with Gasteiger partial charge in [-0.1, -0.05) is 56.4 Å². The van der Waals surface area contributed by atoms with Crippen LogP contribution in [-0.4, -0.2) is 69.1 Å². The Hall–Kier alpha value is -2.58. The Morgan fingerprint density at radius 2 is 1.78 bits per heavy atom. The molecule has 2 saturated heterocycles. The van der Waals surface area contributed by atoms with E-state index in [0.717, 1.165) is 16.8 Å². The second kappa shape index (κ2) is 9.31. The summed E-state index contributed by atoms with van der Waals surface area (Å²) in [5, 5.41) is 10.4. The molecule has 4 aliphatic rings. The molecule has 198 valence electrons. The number of fused-ring (bicyclic) bond motifs is 2. The maximum atomic E-state index is 14.7. The molecule has 0 aliphatic carbocycles. The molecule has 2 amide bonds. The monoisotopic (exact) mass is 524 g/mol. The highest BCUT2D eigenvalue weighted by molar-refractivity contribution is 8.02. The topological polar surface area (TPSA) is 87.2 Å². The first-order valence-corrected chi connectivity index (χ1v) is 13.9. The van der Waals surface area contributed by atoms with Crippen molar-refractivity contribution in [1.82, 2.24) is 4.90 Å². The number of thioether (sulfide) groups is 1. The average molecular weight is 525 g/mol. The zero-order valence-corrected chi connectivity index (χ0v) is 23.0. The smallest absolute Gasteiger partial charge is 0.311 e. The molecule has 0 saturated carbocycles. The SMILES string of the molecule is Cc1cccc(C)c1N1CC=C[C@]23S[C@]4(C)C=CCCOC(=O)[C@@H]4[C@H]2C(=O)N([C@@H](CO)C(C)C)C3C1=O. The van der Waals surface area contributed by atoms with Crippen molar-refractivity contribution in [2.24, 2.45) is 17.8 Å². The molecule has 0 aromatic heterocycles. The Morgan fingerprint density at radius 1 is 1.08 bits per heavy atom. The Morgan fingerprint density at radius 3 is 2.43 bits per heavy atom. The van der Waals surface area contributed by atoms with Crippen molar-refractivity contribution in [1.29, 1.82) is 0 Å². The van der Waals surface area contributed by atoms with E-state index in [-0.39, 0.29) is 30.9 Å². The number of hydrogen-bond acceptors (Lipinski definition) is 6. The van der Waals surface area contributed by atoms with Crippen molar-refractivity contribution in [3.63, 3.8) is 0 Å². The minimum absolute atomic E-state index is 0.0842. The van der Waals surface area contributed by atoms with Crippen LogP contribution >= 0.6 is 11.8 Å². The fraction of sp³-hybridized carbons (Fsp3) is 0.552. The number of rotatable bonds is 4. The Labute approximate surface area is 222 Å². The van der Waals surface area contributed by atoms with Crippen molar-refractivity contribution in [2.45, 2.75) is 62.6 Å². The number of carbonyl (C=O) groups excluding carboxylic acids is 3. The molecule has 1 N–H and O–H groups in total.